The Morgan fingerprint density at radius 1 is 0.872 bits per heavy atom. The monoisotopic (exact) mass is 536 g/mol. The Labute approximate surface area is 219 Å². The van der Waals surface area contributed by atoms with Gasteiger partial charge in [-0.25, -0.2) is 4.79 Å². The average Bonchev–Trinajstić information content (AvgIpc) is 3.29. The van der Waals surface area contributed by atoms with Crippen LogP contribution < -0.4 is 14.9 Å². The maximum Gasteiger partial charge on any atom is 0.331 e. The third kappa shape index (κ3) is 5.49. The van der Waals surface area contributed by atoms with E-state index >= 15 is 0 Å². The highest BCUT2D eigenvalue weighted by Gasteiger charge is 2.40. The minimum Gasteiger partial charge on any atom is -0.549 e. The molecule has 3 atom stereocenters. The lowest BCUT2D eigenvalue weighted by Gasteiger charge is -2.21. The van der Waals surface area contributed by atoms with Crippen LogP contribution in [0.15, 0.2) is 54.6 Å². The molecule has 0 bridgehead atoms. The molecule has 3 aromatic carbocycles. The summed E-state index contributed by atoms with van der Waals surface area (Å²) < 4.78 is 10.6. The lowest BCUT2D eigenvalue weighted by molar-refractivity contribution is -0.315. The van der Waals surface area contributed by atoms with Gasteiger partial charge in [0.2, 0.25) is 0 Å². The summed E-state index contributed by atoms with van der Waals surface area (Å²) in [7, 11) is 0. The Hall–Kier alpha value is -5.39. The number of fused-ring (bicyclic) bond motifs is 1. The molecule has 4 rings (SSSR count). The molecule has 0 aromatic heterocycles. The van der Waals surface area contributed by atoms with E-state index in [1.54, 1.807) is 0 Å². The number of carboxylic acids is 2. The van der Waals surface area contributed by atoms with Gasteiger partial charge in [-0.1, -0.05) is 18.2 Å². The number of hydrogen-bond acceptors (Lipinski definition) is 12. The second kappa shape index (κ2) is 10.5. The molecule has 0 saturated heterocycles. The number of esters is 1. The molecule has 1 aliphatic rings. The highest BCUT2D eigenvalue weighted by atomic mass is 16.6. The Morgan fingerprint density at radius 2 is 1.51 bits per heavy atom. The Balaban J connectivity index is 1.59. The minimum atomic E-state index is -1.76. The maximum atomic E-state index is 12.4. The van der Waals surface area contributed by atoms with E-state index in [2.05, 4.69) is 0 Å². The van der Waals surface area contributed by atoms with Crippen molar-refractivity contribution in [3.8, 4) is 34.5 Å². The molecule has 3 aromatic rings. The molecule has 0 fully saturated rings. The van der Waals surface area contributed by atoms with Crippen LogP contribution in [0.4, 0.5) is 0 Å². The van der Waals surface area contributed by atoms with Gasteiger partial charge in [0.15, 0.2) is 34.5 Å². The number of ether oxygens (including phenoxy) is 2. The third-order valence-corrected chi connectivity index (χ3v) is 6.03. The lowest BCUT2D eigenvalue weighted by Crippen LogP contribution is -2.40. The van der Waals surface area contributed by atoms with Gasteiger partial charge in [-0.2, -0.15) is 0 Å². The molecule has 1 aliphatic heterocycles. The van der Waals surface area contributed by atoms with Gasteiger partial charge in [0.05, 0.1) is 17.9 Å². The van der Waals surface area contributed by atoms with Crippen LogP contribution in [0, 0.1) is 0 Å². The number of carbonyl (C=O) groups excluding carboxylic acids is 3. The first-order valence-corrected chi connectivity index (χ1v) is 11.3. The summed E-state index contributed by atoms with van der Waals surface area (Å²) in [5, 5.41) is 72.3. The summed E-state index contributed by atoms with van der Waals surface area (Å²) >= 11 is 0. The number of hydrogen-bond donors (Lipinski definition) is 5. The molecule has 0 amide bonds. The van der Waals surface area contributed by atoms with Crippen molar-refractivity contribution in [3.05, 3.63) is 76.9 Å². The van der Waals surface area contributed by atoms with Crippen LogP contribution in [0.1, 0.15) is 34.3 Å². The first-order chi connectivity index (χ1) is 18.5. The molecule has 202 valence electrons. The second-order valence-electron chi connectivity index (χ2n) is 8.61. The number of rotatable bonds is 8. The normalized spacial score (nSPS) is 16.8. The fraction of sp³-hybridized carbons (Fsp3) is 0.148. The molecular weight excluding hydrogens is 516 g/mol. The van der Waals surface area contributed by atoms with Gasteiger partial charge in [0, 0.05) is 18.1 Å². The van der Waals surface area contributed by atoms with Crippen LogP contribution in [-0.2, 0) is 25.5 Å². The number of aliphatic carboxylic acids is 2. The molecule has 12 heteroatoms. The van der Waals surface area contributed by atoms with Crippen molar-refractivity contribution in [2.75, 3.05) is 0 Å². The van der Waals surface area contributed by atoms with E-state index in [1.165, 1.54) is 24.3 Å². The maximum absolute atomic E-state index is 12.4. The van der Waals surface area contributed by atoms with E-state index in [0.717, 1.165) is 36.4 Å². The summed E-state index contributed by atoms with van der Waals surface area (Å²) in [6, 6.07) is 9.58. The van der Waals surface area contributed by atoms with Gasteiger partial charge >= 0.3 is 5.97 Å². The zero-order valence-corrected chi connectivity index (χ0v) is 19.8. The Bertz CT molecular complexity index is 1490. The quantitative estimate of drug-likeness (QED) is 0.147. The number of benzene rings is 3. The Morgan fingerprint density at radius 3 is 2.13 bits per heavy atom. The average molecular weight is 536 g/mol. The predicted octanol–water partition coefficient (Wildman–Crippen LogP) is 0.0994. The Kier molecular flexibility index (Phi) is 7.20. The van der Waals surface area contributed by atoms with E-state index in [4.69, 9.17) is 9.47 Å². The molecule has 0 aliphatic carbocycles. The fourth-order valence-corrected chi connectivity index (χ4v) is 4.18. The van der Waals surface area contributed by atoms with Crippen LogP contribution in [0.2, 0.25) is 0 Å². The molecule has 0 radical (unpaired) electrons. The number of aromatic hydroxyl groups is 5. The standard InChI is InChI=1S/C27H22O12/c28-15-5-1-12(9-18(15)31)10-20(26(34)35)38-21(33)8-4-13-2-7-17(30)25-22(13)23(27(36)37)24(39-25)14-3-6-16(29)19(32)11-14/h1-9,11,20,23-24,28-32H,10H2,(H,34,35)(H,36,37)/p-2/b8-4+. The van der Waals surface area contributed by atoms with Crippen molar-refractivity contribution in [3.63, 3.8) is 0 Å². The van der Waals surface area contributed by atoms with Gasteiger partial charge in [-0.15, -0.1) is 0 Å². The van der Waals surface area contributed by atoms with Gasteiger partial charge in [0.25, 0.3) is 0 Å². The van der Waals surface area contributed by atoms with Crippen LogP contribution in [-0.4, -0.2) is 49.5 Å². The lowest BCUT2D eigenvalue weighted by atomic mass is 9.88. The number of phenolic OH excluding ortho intramolecular Hbond substituents is 5. The second-order valence-corrected chi connectivity index (χ2v) is 8.61. The fourth-order valence-electron chi connectivity index (χ4n) is 4.18. The van der Waals surface area contributed by atoms with E-state index in [9.17, 15) is 50.1 Å². The zero-order valence-electron chi connectivity index (χ0n) is 19.8. The molecule has 0 spiro atoms. The smallest absolute Gasteiger partial charge is 0.331 e. The summed E-state index contributed by atoms with van der Waals surface area (Å²) in [5.74, 6) is -8.46. The van der Waals surface area contributed by atoms with Crippen LogP contribution in [0.25, 0.3) is 6.08 Å². The van der Waals surface area contributed by atoms with E-state index in [-0.39, 0.29) is 34.4 Å². The van der Waals surface area contributed by atoms with Crippen molar-refractivity contribution in [1.82, 2.24) is 0 Å². The van der Waals surface area contributed by atoms with Crippen LogP contribution in [0.5, 0.6) is 34.5 Å². The summed E-state index contributed by atoms with van der Waals surface area (Å²) in [6.07, 6.45) is -1.44. The minimum absolute atomic E-state index is 0.0485. The van der Waals surface area contributed by atoms with E-state index < -0.39 is 64.8 Å². The molecule has 5 N–H and O–H groups in total. The third-order valence-electron chi connectivity index (χ3n) is 6.03. The highest BCUT2D eigenvalue weighted by molar-refractivity contribution is 5.90. The number of phenols is 5. The topological polar surface area (TPSA) is 217 Å². The predicted molar refractivity (Wildman–Crippen MR) is 126 cm³/mol. The first kappa shape index (κ1) is 26.7. The molecule has 12 nitrogen and oxygen atoms in total. The SMILES string of the molecule is O=C(/C=C/c1ccc(O)c2c1C(C(=O)[O-])C(c1ccc(O)c(O)c1)O2)OC(Cc1ccc(O)c(O)c1)C(=O)[O-]. The van der Waals surface area contributed by atoms with Gasteiger partial charge in [0.1, 0.15) is 12.2 Å². The highest BCUT2D eigenvalue weighted by Crippen LogP contribution is 2.52. The zero-order chi connectivity index (χ0) is 28.4. The van der Waals surface area contributed by atoms with Gasteiger partial charge in [-0.3, -0.25) is 0 Å². The van der Waals surface area contributed by atoms with Crippen molar-refractivity contribution in [1.29, 1.82) is 0 Å². The molecular formula is C27H20O12-2. The summed E-state index contributed by atoms with van der Waals surface area (Å²) in [6.45, 7) is 0. The van der Waals surface area contributed by atoms with E-state index in [1.807, 2.05) is 0 Å². The van der Waals surface area contributed by atoms with Crippen LogP contribution >= 0.6 is 0 Å². The van der Waals surface area contributed by atoms with Gasteiger partial charge in [-0.05, 0) is 53.1 Å². The van der Waals surface area contributed by atoms with Crippen molar-refractivity contribution >= 4 is 24.0 Å². The summed E-state index contributed by atoms with van der Waals surface area (Å²) in [4.78, 5) is 36.1. The number of carboxylic acid groups (broad SMARTS) is 2. The number of carbonyl (C=O) groups is 3. The largest absolute Gasteiger partial charge is 0.549 e. The molecule has 1 heterocycles. The van der Waals surface area contributed by atoms with E-state index in [0.29, 0.717) is 0 Å². The molecule has 39 heavy (non-hydrogen) atoms. The van der Waals surface area contributed by atoms with Crippen molar-refractivity contribution in [2.45, 2.75) is 24.5 Å². The van der Waals surface area contributed by atoms with Gasteiger partial charge < -0.3 is 54.8 Å². The van der Waals surface area contributed by atoms with Crippen LogP contribution in [0.3, 0.4) is 0 Å². The van der Waals surface area contributed by atoms with Crippen molar-refractivity contribution in [2.24, 2.45) is 0 Å². The first-order valence-electron chi connectivity index (χ1n) is 11.3. The molecule has 3 unspecified atom stereocenters. The van der Waals surface area contributed by atoms with Crippen molar-refractivity contribution < 1.29 is 59.6 Å². The summed E-state index contributed by atoms with van der Waals surface area (Å²) in [5.41, 5.74) is 0.440. The molecule has 0 saturated carbocycles.